The molecule has 3 nitrogen and oxygen atoms in total. The monoisotopic (exact) mass is 284 g/mol. The minimum atomic E-state index is 0.0203. The van der Waals surface area contributed by atoms with Gasteiger partial charge in [-0.05, 0) is 44.9 Å². The smallest absolute Gasteiger partial charge is 0.135 e. The van der Waals surface area contributed by atoms with E-state index >= 15 is 0 Å². The van der Waals surface area contributed by atoms with Crippen LogP contribution in [0.1, 0.15) is 36.2 Å². The summed E-state index contributed by atoms with van der Waals surface area (Å²) in [4.78, 5) is 6.94. The third-order valence-corrected chi connectivity index (χ3v) is 3.70. The molecule has 0 saturated heterocycles. The van der Waals surface area contributed by atoms with Crippen molar-refractivity contribution in [3.05, 3.63) is 58.8 Å². The highest BCUT2D eigenvalue weighted by atomic mass is 16.3. The fourth-order valence-corrected chi connectivity index (χ4v) is 2.56. The fraction of sp³-hybridized carbons (Fsp3) is 0.389. The number of anilines is 1. The molecule has 0 saturated carbocycles. The summed E-state index contributed by atoms with van der Waals surface area (Å²) in [6.07, 6.45) is 0. The van der Waals surface area contributed by atoms with Crippen LogP contribution in [-0.4, -0.2) is 16.1 Å². The molecule has 0 radical (unpaired) electrons. The van der Waals surface area contributed by atoms with Crippen LogP contribution in [0, 0.1) is 13.8 Å². The van der Waals surface area contributed by atoms with Crippen molar-refractivity contribution in [3.63, 3.8) is 0 Å². The lowest BCUT2D eigenvalue weighted by molar-refractivity contribution is 0.280. The first-order valence-corrected chi connectivity index (χ1v) is 7.41. The second-order valence-corrected chi connectivity index (χ2v) is 5.75. The number of nitrogens with zero attached hydrogens (tertiary/aromatic N) is 2. The number of aliphatic hydroxyl groups is 1. The van der Waals surface area contributed by atoms with Gasteiger partial charge in [-0.3, -0.25) is 0 Å². The number of hydrogen-bond donors (Lipinski definition) is 1. The average Bonchev–Trinajstić information content (AvgIpc) is 2.45. The molecule has 0 fully saturated rings. The van der Waals surface area contributed by atoms with Gasteiger partial charge in [-0.1, -0.05) is 30.3 Å². The van der Waals surface area contributed by atoms with Gasteiger partial charge < -0.3 is 10.0 Å². The molecule has 1 N–H and O–H groups in total. The second kappa shape index (κ2) is 6.72. The Morgan fingerprint density at radius 3 is 2.38 bits per heavy atom. The number of aromatic nitrogens is 1. The van der Waals surface area contributed by atoms with Gasteiger partial charge in [-0.25, -0.2) is 4.98 Å². The molecule has 0 aliphatic rings. The molecule has 0 spiro atoms. The molecule has 0 aliphatic heterocycles. The maximum Gasteiger partial charge on any atom is 0.135 e. The summed E-state index contributed by atoms with van der Waals surface area (Å²) in [5.74, 6) is 0.897. The molecular formula is C18H24N2O. The number of rotatable bonds is 5. The van der Waals surface area contributed by atoms with E-state index in [1.54, 1.807) is 0 Å². The Morgan fingerprint density at radius 1 is 1.14 bits per heavy atom. The van der Waals surface area contributed by atoms with Crippen molar-refractivity contribution >= 4 is 5.82 Å². The van der Waals surface area contributed by atoms with E-state index in [0.29, 0.717) is 6.04 Å². The molecule has 2 aromatic rings. The molecule has 1 heterocycles. The molecule has 0 unspecified atom stereocenters. The summed E-state index contributed by atoms with van der Waals surface area (Å²) in [6.45, 7) is 9.16. The van der Waals surface area contributed by atoms with Crippen LogP contribution in [0.15, 0.2) is 36.4 Å². The van der Waals surface area contributed by atoms with Crippen molar-refractivity contribution in [1.29, 1.82) is 0 Å². The van der Waals surface area contributed by atoms with Crippen LogP contribution in [-0.2, 0) is 13.2 Å². The van der Waals surface area contributed by atoms with E-state index in [2.05, 4.69) is 48.0 Å². The summed E-state index contributed by atoms with van der Waals surface area (Å²) in [7, 11) is 0. The molecule has 0 amide bonds. The van der Waals surface area contributed by atoms with Crippen molar-refractivity contribution < 1.29 is 5.11 Å². The van der Waals surface area contributed by atoms with Crippen molar-refractivity contribution in [2.45, 2.75) is 46.9 Å². The van der Waals surface area contributed by atoms with Gasteiger partial charge in [0, 0.05) is 23.8 Å². The van der Waals surface area contributed by atoms with Gasteiger partial charge in [0.1, 0.15) is 5.82 Å². The van der Waals surface area contributed by atoms with E-state index in [0.717, 1.165) is 29.2 Å². The Labute approximate surface area is 127 Å². The molecule has 1 aromatic heterocycles. The van der Waals surface area contributed by atoms with Crippen LogP contribution < -0.4 is 4.90 Å². The summed E-state index contributed by atoms with van der Waals surface area (Å²) >= 11 is 0. The normalized spacial score (nSPS) is 11.0. The van der Waals surface area contributed by atoms with E-state index in [1.807, 2.05) is 26.0 Å². The van der Waals surface area contributed by atoms with Gasteiger partial charge in [0.25, 0.3) is 0 Å². The standard InChI is InChI=1S/C18H24N2O/c1-13(2)20(11-16-8-6-5-7-9-16)18-17(12-21)14(3)10-15(4)19-18/h5-10,13,21H,11-12H2,1-4H3. The first-order valence-electron chi connectivity index (χ1n) is 7.41. The quantitative estimate of drug-likeness (QED) is 0.911. The van der Waals surface area contributed by atoms with Crippen molar-refractivity contribution in [3.8, 4) is 0 Å². The van der Waals surface area contributed by atoms with Gasteiger partial charge in [0.15, 0.2) is 0 Å². The number of pyridine rings is 1. The molecule has 1 aromatic carbocycles. The number of aryl methyl sites for hydroxylation is 2. The minimum Gasteiger partial charge on any atom is -0.392 e. The SMILES string of the molecule is Cc1cc(C)c(CO)c(N(Cc2ccccc2)C(C)C)n1. The highest BCUT2D eigenvalue weighted by Crippen LogP contribution is 2.26. The van der Waals surface area contributed by atoms with Crippen molar-refractivity contribution in [2.75, 3.05) is 4.90 Å². The molecule has 0 bridgehead atoms. The zero-order chi connectivity index (χ0) is 15.4. The summed E-state index contributed by atoms with van der Waals surface area (Å²) in [6, 6.07) is 12.7. The van der Waals surface area contributed by atoms with E-state index in [1.165, 1.54) is 5.56 Å². The fourth-order valence-electron chi connectivity index (χ4n) is 2.56. The van der Waals surface area contributed by atoms with Gasteiger partial charge in [-0.15, -0.1) is 0 Å². The highest BCUT2D eigenvalue weighted by molar-refractivity contribution is 5.52. The summed E-state index contributed by atoms with van der Waals surface area (Å²) in [5, 5.41) is 9.72. The maximum absolute atomic E-state index is 9.72. The van der Waals surface area contributed by atoms with Crippen LogP contribution >= 0.6 is 0 Å². The molecule has 0 atom stereocenters. The lowest BCUT2D eigenvalue weighted by Gasteiger charge is -2.30. The van der Waals surface area contributed by atoms with Crippen LogP contribution in [0.25, 0.3) is 0 Å². The lowest BCUT2D eigenvalue weighted by atomic mass is 10.1. The topological polar surface area (TPSA) is 36.4 Å². The zero-order valence-electron chi connectivity index (χ0n) is 13.3. The molecule has 21 heavy (non-hydrogen) atoms. The molecular weight excluding hydrogens is 260 g/mol. The van der Waals surface area contributed by atoms with E-state index < -0.39 is 0 Å². The van der Waals surface area contributed by atoms with Gasteiger partial charge in [-0.2, -0.15) is 0 Å². The average molecular weight is 284 g/mol. The Bertz CT molecular complexity index is 594. The molecule has 3 heteroatoms. The largest absolute Gasteiger partial charge is 0.392 e. The third-order valence-electron chi connectivity index (χ3n) is 3.70. The molecule has 112 valence electrons. The Balaban J connectivity index is 2.43. The van der Waals surface area contributed by atoms with Gasteiger partial charge in [0.05, 0.1) is 6.61 Å². The first-order chi connectivity index (χ1) is 10.0. The van der Waals surface area contributed by atoms with Gasteiger partial charge >= 0.3 is 0 Å². The van der Waals surface area contributed by atoms with E-state index in [9.17, 15) is 5.11 Å². The maximum atomic E-state index is 9.72. The van der Waals surface area contributed by atoms with E-state index in [4.69, 9.17) is 0 Å². The third kappa shape index (κ3) is 3.61. The molecule has 0 aliphatic carbocycles. The van der Waals surface area contributed by atoms with Crippen LogP contribution in [0.5, 0.6) is 0 Å². The zero-order valence-corrected chi connectivity index (χ0v) is 13.3. The Hall–Kier alpha value is -1.87. The van der Waals surface area contributed by atoms with Crippen molar-refractivity contribution in [1.82, 2.24) is 4.98 Å². The van der Waals surface area contributed by atoms with Crippen LogP contribution in [0.4, 0.5) is 5.82 Å². The Morgan fingerprint density at radius 2 is 1.81 bits per heavy atom. The first kappa shape index (κ1) is 15.5. The second-order valence-electron chi connectivity index (χ2n) is 5.75. The predicted molar refractivity (Wildman–Crippen MR) is 87.4 cm³/mol. The number of aliphatic hydroxyl groups excluding tert-OH is 1. The summed E-state index contributed by atoms with van der Waals surface area (Å²) in [5.41, 5.74) is 4.25. The van der Waals surface area contributed by atoms with Crippen LogP contribution in [0.2, 0.25) is 0 Å². The number of hydrogen-bond acceptors (Lipinski definition) is 3. The lowest BCUT2D eigenvalue weighted by Crippen LogP contribution is -2.32. The minimum absolute atomic E-state index is 0.0203. The highest BCUT2D eigenvalue weighted by Gasteiger charge is 2.18. The van der Waals surface area contributed by atoms with E-state index in [-0.39, 0.29) is 6.61 Å². The number of benzene rings is 1. The molecule has 2 rings (SSSR count). The van der Waals surface area contributed by atoms with Gasteiger partial charge in [0.2, 0.25) is 0 Å². The van der Waals surface area contributed by atoms with Crippen LogP contribution in [0.3, 0.4) is 0 Å². The summed E-state index contributed by atoms with van der Waals surface area (Å²) < 4.78 is 0. The predicted octanol–water partition coefficient (Wildman–Crippen LogP) is 3.61. The van der Waals surface area contributed by atoms with Crippen molar-refractivity contribution in [2.24, 2.45) is 0 Å². The Kier molecular flexibility index (Phi) is 4.97.